The summed E-state index contributed by atoms with van der Waals surface area (Å²) in [5, 5.41) is 0. The van der Waals surface area contributed by atoms with Crippen molar-refractivity contribution in [3.63, 3.8) is 0 Å². The van der Waals surface area contributed by atoms with Gasteiger partial charge in [-0.05, 0) is 37.0 Å². The Morgan fingerprint density at radius 2 is 2.00 bits per heavy atom. The van der Waals surface area contributed by atoms with Crippen LogP contribution in [0, 0.1) is 12.8 Å². The van der Waals surface area contributed by atoms with E-state index in [1.54, 1.807) is 18.2 Å². The van der Waals surface area contributed by atoms with Crippen molar-refractivity contribution in [3.05, 3.63) is 23.8 Å². The van der Waals surface area contributed by atoms with Gasteiger partial charge in [0.2, 0.25) is 10.0 Å². The highest BCUT2D eigenvalue weighted by atomic mass is 32.2. The van der Waals surface area contributed by atoms with Crippen molar-refractivity contribution in [3.8, 4) is 0 Å². The molecule has 5 heteroatoms. The van der Waals surface area contributed by atoms with Gasteiger partial charge in [0.05, 0.1) is 5.69 Å². The lowest BCUT2D eigenvalue weighted by molar-refractivity contribution is 0.496. The monoisotopic (exact) mass is 282 g/mol. The van der Waals surface area contributed by atoms with E-state index in [0.717, 1.165) is 12.0 Å². The fourth-order valence-corrected chi connectivity index (χ4v) is 3.85. The first-order chi connectivity index (χ1) is 8.99. The predicted octanol–water partition coefficient (Wildman–Crippen LogP) is 2.44. The minimum absolute atomic E-state index is 0.185. The molecule has 2 rings (SSSR count). The molecule has 1 aliphatic rings. The van der Waals surface area contributed by atoms with Crippen LogP contribution in [0.15, 0.2) is 23.1 Å². The van der Waals surface area contributed by atoms with Gasteiger partial charge in [0, 0.05) is 6.54 Å². The summed E-state index contributed by atoms with van der Waals surface area (Å²) in [6, 6.07) is 5.02. The van der Waals surface area contributed by atoms with Crippen LogP contribution in [0.4, 0.5) is 5.69 Å². The van der Waals surface area contributed by atoms with Gasteiger partial charge in [-0.25, -0.2) is 13.1 Å². The van der Waals surface area contributed by atoms with E-state index in [0.29, 0.717) is 18.2 Å². The van der Waals surface area contributed by atoms with Crippen LogP contribution in [0.2, 0.25) is 0 Å². The highest BCUT2D eigenvalue weighted by Gasteiger charge is 2.19. The molecule has 0 amide bonds. The maximum absolute atomic E-state index is 12.1. The highest BCUT2D eigenvalue weighted by molar-refractivity contribution is 7.89. The van der Waals surface area contributed by atoms with Crippen molar-refractivity contribution in [2.75, 3.05) is 12.3 Å². The zero-order valence-electron chi connectivity index (χ0n) is 11.4. The number of aryl methyl sites for hydroxylation is 1. The first-order valence-electron chi connectivity index (χ1n) is 6.85. The molecule has 3 N–H and O–H groups in total. The SMILES string of the molecule is Cc1ccc(S(=O)(=O)NCCC2CCCC2)c(N)c1. The summed E-state index contributed by atoms with van der Waals surface area (Å²) in [6.45, 7) is 2.39. The van der Waals surface area contributed by atoms with E-state index in [1.807, 2.05) is 6.92 Å². The number of rotatable bonds is 5. The normalized spacial score (nSPS) is 16.9. The summed E-state index contributed by atoms with van der Waals surface area (Å²) in [4.78, 5) is 0.185. The minimum atomic E-state index is -3.47. The molecule has 19 heavy (non-hydrogen) atoms. The van der Waals surface area contributed by atoms with E-state index in [9.17, 15) is 8.42 Å². The molecular weight excluding hydrogens is 260 g/mol. The molecule has 0 bridgehead atoms. The van der Waals surface area contributed by atoms with Crippen molar-refractivity contribution in [1.29, 1.82) is 0 Å². The zero-order valence-corrected chi connectivity index (χ0v) is 12.2. The van der Waals surface area contributed by atoms with Gasteiger partial charge in [-0.3, -0.25) is 0 Å². The van der Waals surface area contributed by atoms with Crippen molar-refractivity contribution >= 4 is 15.7 Å². The first kappa shape index (κ1) is 14.3. The molecule has 1 aliphatic carbocycles. The molecule has 1 aromatic rings. The number of hydrogen-bond acceptors (Lipinski definition) is 3. The largest absolute Gasteiger partial charge is 0.398 e. The van der Waals surface area contributed by atoms with Crippen LogP contribution < -0.4 is 10.5 Å². The van der Waals surface area contributed by atoms with Gasteiger partial charge in [-0.1, -0.05) is 31.7 Å². The van der Waals surface area contributed by atoms with Crippen LogP contribution in [0.5, 0.6) is 0 Å². The molecule has 1 fully saturated rings. The standard InChI is InChI=1S/C14H22N2O2S/c1-11-6-7-14(13(15)10-11)19(17,18)16-9-8-12-4-2-3-5-12/h6-7,10,12,16H,2-5,8-9,15H2,1H3. The van der Waals surface area contributed by atoms with Crippen molar-refractivity contribution in [2.24, 2.45) is 5.92 Å². The Hall–Kier alpha value is -1.07. The molecular formula is C14H22N2O2S. The van der Waals surface area contributed by atoms with E-state index in [4.69, 9.17) is 5.73 Å². The van der Waals surface area contributed by atoms with Crippen LogP contribution in [-0.4, -0.2) is 15.0 Å². The smallest absolute Gasteiger partial charge is 0.242 e. The fourth-order valence-electron chi connectivity index (χ4n) is 2.69. The van der Waals surface area contributed by atoms with E-state index in [-0.39, 0.29) is 4.90 Å². The third-order valence-corrected chi connectivity index (χ3v) is 5.31. The second-order valence-electron chi connectivity index (χ2n) is 5.38. The molecule has 0 aromatic heterocycles. The molecule has 0 aliphatic heterocycles. The lowest BCUT2D eigenvalue weighted by atomic mass is 10.1. The van der Waals surface area contributed by atoms with E-state index < -0.39 is 10.0 Å². The molecule has 0 saturated heterocycles. The molecule has 106 valence electrons. The van der Waals surface area contributed by atoms with Gasteiger partial charge in [-0.15, -0.1) is 0 Å². The van der Waals surface area contributed by atoms with Gasteiger partial charge < -0.3 is 5.73 Å². The number of anilines is 1. The van der Waals surface area contributed by atoms with Crippen molar-refractivity contribution < 1.29 is 8.42 Å². The molecule has 0 heterocycles. The molecule has 1 aromatic carbocycles. The summed E-state index contributed by atoms with van der Waals surface area (Å²) in [5.74, 6) is 0.679. The Labute approximate surface area is 115 Å². The molecule has 0 atom stereocenters. The van der Waals surface area contributed by atoms with E-state index >= 15 is 0 Å². The second kappa shape index (κ2) is 5.92. The summed E-state index contributed by atoms with van der Waals surface area (Å²) < 4.78 is 26.9. The summed E-state index contributed by atoms with van der Waals surface area (Å²) in [7, 11) is -3.47. The summed E-state index contributed by atoms with van der Waals surface area (Å²) in [5.41, 5.74) is 7.06. The highest BCUT2D eigenvalue weighted by Crippen LogP contribution is 2.27. The topological polar surface area (TPSA) is 72.2 Å². The molecule has 0 unspecified atom stereocenters. The average molecular weight is 282 g/mol. The maximum atomic E-state index is 12.1. The van der Waals surface area contributed by atoms with Crippen molar-refractivity contribution in [2.45, 2.75) is 43.9 Å². The van der Waals surface area contributed by atoms with Gasteiger partial charge in [-0.2, -0.15) is 0 Å². The lowest BCUT2D eigenvalue weighted by Crippen LogP contribution is -2.26. The van der Waals surface area contributed by atoms with Gasteiger partial charge in [0.1, 0.15) is 4.90 Å². The molecule has 1 saturated carbocycles. The Morgan fingerprint density at radius 1 is 1.32 bits per heavy atom. The van der Waals surface area contributed by atoms with Crippen LogP contribution in [-0.2, 0) is 10.0 Å². The number of nitrogens with one attached hydrogen (secondary N) is 1. The van der Waals surface area contributed by atoms with Gasteiger partial charge in [0.25, 0.3) is 0 Å². The number of nitrogen functional groups attached to an aromatic ring is 1. The lowest BCUT2D eigenvalue weighted by Gasteiger charge is -2.12. The van der Waals surface area contributed by atoms with Crippen LogP contribution in [0.25, 0.3) is 0 Å². The minimum Gasteiger partial charge on any atom is -0.398 e. The Balaban J connectivity index is 1.97. The number of nitrogens with two attached hydrogens (primary N) is 1. The Kier molecular flexibility index (Phi) is 4.47. The van der Waals surface area contributed by atoms with E-state index in [1.165, 1.54) is 25.7 Å². The third kappa shape index (κ3) is 3.70. The van der Waals surface area contributed by atoms with Crippen molar-refractivity contribution in [1.82, 2.24) is 4.72 Å². The van der Waals surface area contributed by atoms with Crippen LogP contribution in [0.3, 0.4) is 0 Å². The Bertz CT molecular complexity index is 534. The van der Waals surface area contributed by atoms with Crippen LogP contribution in [0.1, 0.15) is 37.7 Å². The number of benzene rings is 1. The van der Waals surface area contributed by atoms with Crippen LogP contribution >= 0.6 is 0 Å². The first-order valence-corrected chi connectivity index (χ1v) is 8.33. The molecule has 4 nitrogen and oxygen atoms in total. The Morgan fingerprint density at radius 3 is 2.63 bits per heavy atom. The molecule has 0 spiro atoms. The zero-order chi connectivity index (χ0) is 13.9. The number of hydrogen-bond donors (Lipinski definition) is 2. The van der Waals surface area contributed by atoms with Gasteiger partial charge in [0.15, 0.2) is 0 Å². The maximum Gasteiger partial charge on any atom is 0.242 e. The molecule has 0 radical (unpaired) electrons. The number of sulfonamides is 1. The van der Waals surface area contributed by atoms with E-state index in [2.05, 4.69) is 4.72 Å². The summed E-state index contributed by atoms with van der Waals surface area (Å²) in [6.07, 6.45) is 5.94. The van der Waals surface area contributed by atoms with Gasteiger partial charge >= 0.3 is 0 Å². The fraction of sp³-hybridized carbons (Fsp3) is 0.571. The second-order valence-corrected chi connectivity index (χ2v) is 7.11. The average Bonchev–Trinajstić information content (AvgIpc) is 2.81. The quantitative estimate of drug-likeness (QED) is 0.815. The summed E-state index contributed by atoms with van der Waals surface area (Å²) >= 11 is 0. The predicted molar refractivity (Wildman–Crippen MR) is 77.4 cm³/mol. The third-order valence-electron chi connectivity index (χ3n) is 3.77.